The van der Waals surface area contributed by atoms with Crippen molar-refractivity contribution in [3.8, 4) is 5.75 Å². The van der Waals surface area contributed by atoms with Crippen LogP contribution in [0.3, 0.4) is 0 Å². The van der Waals surface area contributed by atoms with E-state index in [-0.39, 0.29) is 11.1 Å². The first-order valence-corrected chi connectivity index (χ1v) is 13.0. The van der Waals surface area contributed by atoms with Crippen LogP contribution in [0.2, 0.25) is 5.02 Å². The van der Waals surface area contributed by atoms with E-state index in [9.17, 15) is 9.59 Å². The number of carbonyl (C=O) groups excluding carboxylic acids is 2. The standard InChI is InChI=1S/C28H26ClN3O3S/c29-23-7-4-8-24(18-23)31-15-13-30(14-16-31)20-32-27(33)26(36-28(32)34)17-21-9-11-25(12-10-21)35-19-22-5-2-1-3-6-22/h1-12,17-18H,13-16,19-20H2/b26-17+. The molecule has 2 fully saturated rings. The molecule has 0 atom stereocenters. The highest BCUT2D eigenvalue weighted by Crippen LogP contribution is 2.33. The zero-order chi connectivity index (χ0) is 24.9. The first kappa shape index (κ1) is 24.4. The van der Waals surface area contributed by atoms with Crippen LogP contribution >= 0.6 is 23.4 Å². The fourth-order valence-electron chi connectivity index (χ4n) is 4.19. The molecule has 184 valence electrons. The van der Waals surface area contributed by atoms with Crippen LogP contribution in [0.4, 0.5) is 10.5 Å². The molecule has 2 aliphatic heterocycles. The molecule has 3 aromatic carbocycles. The van der Waals surface area contributed by atoms with Crippen molar-refractivity contribution in [3.05, 3.63) is 99.9 Å². The third-order valence-electron chi connectivity index (χ3n) is 6.19. The molecule has 0 saturated carbocycles. The fourth-order valence-corrected chi connectivity index (χ4v) is 5.21. The van der Waals surface area contributed by atoms with E-state index in [0.29, 0.717) is 23.2 Å². The minimum absolute atomic E-state index is 0.230. The summed E-state index contributed by atoms with van der Waals surface area (Å²) >= 11 is 7.11. The first-order chi connectivity index (χ1) is 17.5. The van der Waals surface area contributed by atoms with E-state index >= 15 is 0 Å². The van der Waals surface area contributed by atoms with E-state index in [1.165, 1.54) is 4.90 Å². The molecule has 2 amide bonds. The second-order valence-corrected chi connectivity index (χ2v) is 10.1. The number of piperazine rings is 1. The Hall–Kier alpha value is -3.26. The SMILES string of the molecule is O=C1S/C(=C/c2ccc(OCc3ccccc3)cc2)C(=O)N1CN1CCN(c2cccc(Cl)c2)CC1. The number of hydrogen-bond acceptors (Lipinski definition) is 6. The quantitative estimate of drug-likeness (QED) is 0.371. The molecular weight excluding hydrogens is 494 g/mol. The van der Waals surface area contributed by atoms with Gasteiger partial charge in [-0.05, 0) is 59.3 Å². The lowest BCUT2D eigenvalue weighted by Gasteiger charge is -2.37. The molecule has 2 heterocycles. The van der Waals surface area contributed by atoms with Gasteiger partial charge in [-0.2, -0.15) is 0 Å². The summed E-state index contributed by atoms with van der Waals surface area (Å²) < 4.78 is 5.83. The van der Waals surface area contributed by atoms with Gasteiger partial charge in [0.2, 0.25) is 0 Å². The lowest BCUT2D eigenvalue weighted by atomic mass is 10.2. The molecule has 2 aliphatic rings. The summed E-state index contributed by atoms with van der Waals surface area (Å²) in [5.41, 5.74) is 3.04. The maximum absolute atomic E-state index is 13.0. The number of ether oxygens (including phenoxy) is 1. The van der Waals surface area contributed by atoms with Crippen LogP contribution < -0.4 is 9.64 Å². The number of thioether (sulfide) groups is 1. The van der Waals surface area contributed by atoms with Gasteiger partial charge in [-0.3, -0.25) is 19.4 Å². The topological polar surface area (TPSA) is 53.1 Å². The molecule has 6 nitrogen and oxygen atoms in total. The number of carbonyl (C=O) groups is 2. The molecule has 2 saturated heterocycles. The number of rotatable bonds is 7. The van der Waals surface area contributed by atoms with E-state index in [4.69, 9.17) is 16.3 Å². The lowest BCUT2D eigenvalue weighted by molar-refractivity contribution is -0.124. The maximum atomic E-state index is 13.0. The number of imide groups is 1. The summed E-state index contributed by atoms with van der Waals surface area (Å²) in [6, 6.07) is 25.3. The molecule has 0 aromatic heterocycles. The van der Waals surface area contributed by atoms with E-state index in [1.54, 1.807) is 6.08 Å². The number of amides is 2. The van der Waals surface area contributed by atoms with Crippen LogP contribution in [-0.4, -0.2) is 53.8 Å². The third kappa shape index (κ3) is 5.93. The molecule has 0 spiro atoms. The summed E-state index contributed by atoms with van der Waals surface area (Å²) in [6.07, 6.45) is 1.77. The smallest absolute Gasteiger partial charge is 0.294 e. The van der Waals surface area contributed by atoms with Gasteiger partial charge in [0.1, 0.15) is 12.4 Å². The second-order valence-electron chi connectivity index (χ2n) is 8.68. The zero-order valence-electron chi connectivity index (χ0n) is 19.7. The van der Waals surface area contributed by atoms with Crippen molar-refractivity contribution in [2.45, 2.75) is 6.61 Å². The highest BCUT2D eigenvalue weighted by Gasteiger charge is 2.36. The highest BCUT2D eigenvalue weighted by atomic mass is 35.5. The van der Waals surface area contributed by atoms with Crippen LogP contribution in [0.1, 0.15) is 11.1 Å². The minimum Gasteiger partial charge on any atom is -0.489 e. The van der Waals surface area contributed by atoms with Gasteiger partial charge in [0, 0.05) is 36.9 Å². The average Bonchev–Trinajstić information content (AvgIpc) is 3.16. The molecule has 5 rings (SSSR count). The normalized spacial score (nSPS) is 17.8. The van der Waals surface area contributed by atoms with Gasteiger partial charge in [-0.1, -0.05) is 60.1 Å². The number of benzene rings is 3. The predicted octanol–water partition coefficient (Wildman–Crippen LogP) is 5.74. The second kappa shape index (κ2) is 11.2. The summed E-state index contributed by atoms with van der Waals surface area (Å²) in [4.78, 5) is 31.8. The highest BCUT2D eigenvalue weighted by molar-refractivity contribution is 8.18. The summed E-state index contributed by atoms with van der Waals surface area (Å²) in [7, 11) is 0. The average molecular weight is 520 g/mol. The molecule has 0 N–H and O–H groups in total. The van der Waals surface area contributed by atoms with Gasteiger partial charge in [-0.15, -0.1) is 0 Å². The van der Waals surface area contributed by atoms with Crippen LogP contribution in [0.15, 0.2) is 83.8 Å². The van der Waals surface area contributed by atoms with Crippen molar-refractivity contribution in [3.63, 3.8) is 0 Å². The fraction of sp³-hybridized carbons (Fsp3) is 0.214. The zero-order valence-corrected chi connectivity index (χ0v) is 21.3. The maximum Gasteiger partial charge on any atom is 0.294 e. The summed E-state index contributed by atoms with van der Waals surface area (Å²) in [5, 5.41) is 0.486. The van der Waals surface area contributed by atoms with Crippen molar-refractivity contribution in [1.29, 1.82) is 0 Å². The number of nitrogens with zero attached hydrogens (tertiary/aromatic N) is 3. The van der Waals surface area contributed by atoms with E-state index in [2.05, 4.69) is 9.80 Å². The van der Waals surface area contributed by atoms with Gasteiger partial charge in [-0.25, -0.2) is 0 Å². The largest absolute Gasteiger partial charge is 0.489 e. The molecule has 36 heavy (non-hydrogen) atoms. The van der Waals surface area contributed by atoms with Gasteiger partial charge in [0.25, 0.3) is 11.1 Å². The van der Waals surface area contributed by atoms with Crippen LogP contribution in [0.25, 0.3) is 6.08 Å². The molecular formula is C28H26ClN3O3S. The van der Waals surface area contributed by atoms with Gasteiger partial charge < -0.3 is 9.64 Å². The van der Waals surface area contributed by atoms with Crippen molar-refractivity contribution >= 4 is 46.3 Å². The number of anilines is 1. The van der Waals surface area contributed by atoms with Gasteiger partial charge in [0.15, 0.2) is 0 Å². The van der Waals surface area contributed by atoms with E-state index < -0.39 is 0 Å². The summed E-state index contributed by atoms with van der Waals surface area (Å²) in [6.45, 7) is 3.94. The Morgan fingerprint density at radius 2 is 1.64 bits per heavy atom. The monoisotopic (exact) mass is 519 g/mol. The van der Waals surface area contributed by atoms with Crippen LogP contribution in [0, 0.1) is 0 Å². The van der Waals surface area contributed by atoms with Gasteiger partial charge >= 0.3 is 0 Å². The Kier molecular flexibility index (Phi) is 7.60. The Balaban J connectivity index is 1.15. The summed E-state index contributed by atoms with van der Waals surface area (Å²) in [5.74, 6) is 0.507. The predicted molar refractivity (Wildman–Crippen MR) is 145 cm³/mol. The third-order valence-corrected chi connectivity index (χ3v) is 7.33. The van der Waals surface area contributed by atoms with Crippen molar-refractivity contribution in [2.24, 2.45) is 0 Å². The van der Waals surface area contributed by atoms with Crippen molar-refractivity contribution in [1.82, 2.24) is 9.80 Å². The number of hydrogen-bond donors (Lipinski definition) is 0. The number of halogens is 1. The Bertz CT molecular complexity index is 1260. The molecule has 0 bridgehead atoms. The van der Waals surface area contributed by atoms with Crippen LogP contribution in [-0.2, 0) is 11.4 Å². The van der Waals surface area contributed by atoms with E-state index in [0.717, 1.165) is 60.5 Å². The molecule has 0 radical (unpaired) electrons. The minimum atomic E-state index is -0.244. The molecule has 0 aliphatic carbocycles. The molecule has 0 unspecified atom stereocenters. The molecule has 3 aromatic rings. The Morgan fingerprint density at radius 1 is 0.889 bits per heavy atom. The van der Waals surface area contributed by atoms with Crippen molar-refractivity contribution < 1.29 is 14.3 Å². The van der Waals surface area contributed by atoms with Crippen LogP contribution in [0.5, 0.6) is 5.75 Å². The van der Waals surface area contributed by atoms with Crippen molar-refractivity contribution in [2.75, 3.05) is 37.7 Å². The molecule has 8 heteroatoms. The van der Waals surface area contributed by atoms with Gasteiger partial charge in [0.05, 0.1) is 11.6 Å². The Morgan fingerprint density at radius 3 is 2.36 bits per heavy atom. The lowest BCUT2D eigenvalue weighted by Crippen LogP contribution is -2.50. The van der Waals surface area contributed by atoms with E-state index in [1.807, 2.05) is 78.9 Å². The first-order valence-electron chi connectivity index (χ1n) is 11.8. The Labute approximate surface area is 220 Å².